The van der Waals surface area contributed by atoms with Gasteiger partial charge in [0, 0.05) is 37.9 Å². The molecule has 0 aliphatic carbocycles. The van der Waals surface area contributed by atoms with Crippen LogP contribution in [0.2, 0.25) is 0 Å². The number of hydrogen-bond donors (Lipinski definition) is 0. The van der Waals surface area contributed by atoms with Gasteiger partial charge in [-0.1, -0.05) is 6.92 Å². The minimum absolute atomic E-state index is 0.0197. The van der Waals surface area contributed by atoms with Crippen LogP contribution in [-0.2, 0) is 16.6 Å². The summed E-state index contributed by atoms with van der Waals surface area (Å²) < 4.78 is 28.9. The molecule has 20 heavy (non-hydrogen) atoms. The molecule has 1 aliphatic rings. The van der Waals surface area contributed by atoms with Crippen LogP contribution in [0.4, 0.5) is 0 Å². The van der Waals surface area contributed by atoms with E-state index in [0.717, 1.165) is 19.6 Å². The van der Waals surface area contributed by atoms with Crippen LogP contribution in [0.15, 0.2) is 17.3 Å². The van der Waals surface area contributed by atoms with Crippen molar-refractivity contribution in [1.29, 1.82) is 0 Å². The summed E-state index contributed by atoms with van der Waals surface area (Å²) in [5.41, 5.74) is 0. The molecular weight excluding hydrogens is 276 g/mol. The second-order valence-corrected chi connectivity index (χ2v) is 7.26. The van der Waals surface area contributed by atoms with E-state index < -0.39 is 10.0 Å². The van der Waals surface area contributed by atoms with E-state index in [9.17, 15) is 8.42 Å². The van der Waals surface area contributed by atoms with Gasteiger partial charge in [0.25, 0.3) is 0 Å². The van der Waals surface area contributed by atoms with Crippen LogP contribution in [-0.4, -0.2) is 59.1 Å². The molecule has 0 N–H and O–H groups in total. The third kappa shape index (κ3) is 2.75. The lowest BCUT2D eigenvalue weighted by atomic mass is 10.1. The molecule has 0 spiro atoms. The second kappa shape index (κ2) is 5.83. The lowest BCUT2D eigenvalue weighted by Crippen LogP contribution is -2.58. The Labute approximate surface area is 121 Å². The number of rotatable bonds is 4. The maximum absolute atomic E-state index is 12.8. The maximum Gasteiger partial charge on any atom is 0.246 e. The van der Waals surface area contributed by atoms with E-state index in [1.165, 1.54) is 6.20 Å². The Bertz CT molecular complexity index is 542. The first-order valence-electron chi connectivity index (χ1n) is 7.18. The van der Waals surface area contributed by atoms with Gasteiger partial charge in [0.15, 0.2) is 0 Å². The fourth-order valence-corrected chi connectivity index (χ4v) is 4.68. The van der Waals surface area contributed by atoms with Crippen LogP contribution in [0.3, 0.4) is 0 Å². The van der Waals surface area contributed by atoms with E-state index >= 15 is 0 Å². The molecule has 1 saturated heterocycles. The number of hydrogen-bond acceptors (Lipinski definition) is 4. The van der Waals surface area contributed by atoms with Crippen molar-refractivity contribution in [3.8, 4) is 0 Å². The molecule has 2 rings (SSSR count). The summed E-state index contributed by atoms with van der Waals surface area (Å²) in [4.78, 5) is 2.58. The monoisotopic (exact) mass is 300 g/mol. The zero-order chi connectivity index (χ0) is 14.9. The van der Waals surface area contributed by atoms with Crippen molar-refractivity contribution in [3.63, 3.8) is 0 Å². The highest BCUT2D eigenvalue weighted by Gasteiger charge is 2.38. The smallest absolute Gasteiger partial charge is 0.246 e. The first-order valence-corrected chi connectivity index (χ1v) is 8.62. The third-order valence-corrected chi connectivity index (χ3v) is 5.95. The molecule has 1 aromatic rings. The zero-order valence-electron chi connectivity index (χ0n) is 12.7. The van der Waals surface area contributed by atoms with Gasteiger partial charge in [-0.3, -0.25) is 4.68 Å². The van der Waals surface area contributed by atoms with E-state index in [1.54, 1.807) is 15.2 Å². The molecule has 1 aliphatic heterocycles. The number of aryl methyl sites for hydroxylation is 1. The Kier molecular flexibility index (Phi) is 4.51. The number of sulfonamides is 1. The minimum atomic E-state index is -3.46. The summed E-state index contributed by atoms with van der Waals surface area (Å²) in [6.45, 7) is 11.2. The van der Waals surface area contributed by atoms with Gasteiger partial charge in [0.2, 0.25) is 10.0 Å². The number of aromatic nitrogens is 2. The Morgan fingerprint density at radius 2 is 1.80 bits per heavy atom. The highest BCUT2D eigenvalue weighted by atomic mass is 32.2. The molecule has 2 atom stereocenters. The fraction of sp³-hybridized carbons (Fsp3) is 0.769. The molecule has 1 fully saturated rings. The Morgan fingerprint density at radius 3 is 2.25 bits per heavy atom. The van der Waals surface area contributed by atoms with E-state index in [-0.39, 0.29) is 12.1 Å². The molecule has 0 radical (unpaired) electrons. The molecule has 2 heterocycles. The van der Waals surface area contributed by atoms with Crippen LogP contribution in [0, 0.1) is 0 Å². The van der Waals surface area contributed by atoms with Crippen molar-refractivity contribution in [2.24, 2.45) is 0 Å². The normalized spacial score (nSPS) is 26.0. The molecule has 0 saturated carbocycles. The highest BCUT2D eigenvalue weighted by Crippen LogP contribution is 2.24. The van der Waals surface area contributed by atoms with Gasteiger partial charge < -0.3 is 4.90 Å². The van der Waals surface area contributed by atoms with Crippen molar-refractivity contribution < 1.29 is 8.42 Å². The fourth-order valence-electron chi connectivity index (χ4n) is 2.92. The van der Waals surface area contributed by atoms with E-state index in [4.69, 9.17) is 0 Å². The molecule has 1 aromatic heterocycles. The van der Waals surface area contributed by atoms with Gasteiger partial charge in [-0.05, 0) is 27.3 Å². The van der Waals surface area contributed by atoms with Gasteiger partial charge >= 0.3 is 0 Å². The Balaban J connectivity index is 2.29. The maximum atomic E-state index is 12.8. The van der Waals surface area contributed by atoms with Crippen molar-refractivity contribution >= 4 is 10.0 Å². The van der Waals surface area contributed by atoms with Crippen LogP contribution in [0.25, 0.3) is 0 Å². The first-order chi connectivity index (χ1) is 9.40. The summed E-state index contributed by atoms with van der Waals surface area (Å²) in [5.74, 6) is 0. The average Bonchev–Trinajstić information content (AvgIpc) is 2.86. The Hall–Kier alpha value is -0.920. The van der Waals surface area contributed by atoms with E-state index in [0.29, 0.717) is 11.4 Å². The summed E-state index contributed by atoms with van der Waals surface area (Å²) in [7, 11) is -3.46. The topological polar surface area (TPSA) is 58.4 Å². The van der Waals surface area contributed by atoms with Crippen LogP contribution >= 0.6 is 0 Å². The van der Waals surface area contributed by atoms with Gasteiger partial charge in [0.1, 0.15) is 4.90 Å². The molecular formula is C13H24N4O2S. The number of nitrogens with zero attached hydrogens (tertiary/aromatic N) is 4. The van der Waals surface area contributed by atoms with Crippen molar-refractivity contribution in [1.82, 2.24) is 19.0 Å². The lowest BCUT2D eigenvalue weighted by Gasteiger charge is -2.42. The van der Waals surface area contributed by atoms with Crippen molar-refractivity contribution in [3.05, 3.63) is 12.4 Å². The van der Waals surface area contributed by atoms with Gasteiger partial charge in [-0.2, -0.15) is 9.40 Å². The lowest BCUT2D eigenvalue weighted by molar-refractivity contribution is 0.106. The predicted molar refractivity (Wildman–Crippen MR) is 78.0 cm³/mol. The average molecular weight is 300 g/mol. The summed E-state index contributed by atoms with van der Waals surface area (Å²) >= 11 is 0. The van der Waals surface area contributed by atoms with Crippen LogP contribution in [0.1, 0.15) is 27.7 Å². The molecule has 0 amide bonds. The van der Waals surface area contributed by atoms with Crippen molar-refractivity contribution in [2.75, 3.05) is 19.6 Å². The minimum Gasteiger partial charge on any atom is -0.300 e. The largest absolute Gasteiger partial charge is 0.300 e. The molecule has 114 valence electrons. The van der Waals surface area contributed by atoms with Gasteiger partial charge in [0.05, 0.1) is 6.20 Å². The predicted octanol–water partition coefficient (Wildman–Crippen LogP) is 1.01. The van der Waals surface area contributed by atoms with Crippen molar-refractivity contribution in [2.45, 2.75) is 51.2 Å². The second-order valence-electron chi connectivity index (χ2n) is 5.42. The number of piperazine rings is 1. The molecule has 7 heteroatoms. The first kappa shape index (κ1) is 15.5. The number of likely N-dealkylation sites (N-methyl/N-ethyl adjacent to an activating group) is 1. The quantitative estimate of drug-likeness (QED) is 0.832. The summed E-state index contributed by atoms with van der Waals surface area (Å²) in [6.07, 6.45) is 3.06. The van der Waals surface area contributed by atoms with Gasteiger partial charge in [-0.15, -0.1) is 0 Å². The van der Waals surface area contributed by atoms with E-state index in [2.05, 4.69) is 16.9 Å². The summed E-state index contributed by atoms with van der Waals surface area (Å²) in [5, 5.41) is 4.08. The Morgan fingerprint density at radius 1 is 1.20 bits per heavy atom. The standard InChI is InChI=1S/C13H24N4O2S/c1-5-15-8-11(3)17(12(4)9-15)20(18,19)13-7-14-16(6-2)10-13/h7,10-12H,5-6,8-9H2,1-4H3/t11-,12-/m1/s1. The summed E-state index contributed by atoms with van der Waals surface area (Å²) in [6, 6.07) is -0.0395. The zero-order valence-corrected chi connectivity index (χ0v) is 13.5. The molecule has 6 nitrogen and oxygen atoms in total. The van der Waals surface area contributed by atoms with Gasteiger partial charge in [-0.25, -0.2) is 8.42 Å². The SMILES string of the molecule is CCN1C[C@@H](C)N(S(=O)(=O)c2cnn(CC)c2)[C@H](C)C1. The molecule has 0 bridgehead atoms. The van der Waals surface area contributed by atoms with E-state index in [1.807, 2.05) is 20.8 Å². The van der Waals surface area contributed by atoms with Crippen LogP contribution < -0.4 is 0 Å². The van der Waals surface area contributed by atoms with Crippen LogP contribution in [0.5, 0.6) is 0 Å². The molecule has 0 unspecified atom stereocenters. The third-order valence-electron chi connectivity index (χ3n) is 3.87. The highest BCUT2D eigenvalue weighted by molar-refractivity contribution is 7.89. The molecule has 0 aromatic carbocycles.